The van der Waals surface area contributed by atoms with Gasteiger partial charge in [0.05, 0.1) is 34.9 Å². The van der Waals surface area contributed by atoms with Crippen molar-refractivity contribution >= 4 is 45.7 Å². The molecule has 156 valence electrons. The molecule has 0 amide bonds. The van der Waals surface area contributed by atoms with E-state index in [4.69, 9.17) is 9.47 Å². The van der Waals surface area contributed by atoms with Crippen molar-refractivity contribution in [1.82, 2.24) is 9.66 Å². The molecule has 0 aliphatic heterocycles. The number of rotatable bonds is 6. The summed E-state index contributed by atoms with van der Waals surface area (Å²) in [5.74, 6) is 0.209. The molecule has 0 unspecified atom stereocenters. The van der Waals surface area contributed by atoms with Gasteiger partial charge in [0.25, 0.3) is 5.56 Å². The number of nitrogens with one attached hydrogen (secondary N) is 1. The van der Waals surface area contributed by atoms with Gasteiger partial charge in [0, 0.05) is 0 Å². The Balaban J connectivity index is 1.98. The highest BCUT2D eigenvalue weighted by molar-refractivity contribution is 14.1. The standard InChI is InChI=1S/C20H18IN3O6/c1-11(19(26)29-3)30-17-14(21)8-12(9-16(17)28-2)10-22-24-18(25)13-6-4-5-7-15(13)23-20(24)27/h4-11H,1-3H3,(H,23,27)/t11-/m1/s1. The van der Waals surface area contributed by atoms with Crippen LogP contribution in [0.15, 0.2) is 51.1 Å². The molecule has 0 aliphatic carbocycles. The summed E-state index contributed by atoms with van der Waals surface area (Å²) in [6.45, 7) is 1.56. The number of H-pyrrole nitrogens is 1. The Morgan fingerprint density at radius 2 is 1.97 bits per heavy atom. The van der Waals surface area contributed by atoms with Crippen molar-refractivity contribution in [2.24, 2.45) is 5.10 Å². The van der Waals surface area contributed by atoms with Crippen LogP contribution in [0.25, 0.3) is 10.9 Å². The van der Waals surface area contributed by atoms with E-state index < -0.39 is 23.3 Å². The highest BCUT2D eigenvalue weighted by atomic mass is 127. The average Bonchev–Trinajstić information content (AvgIpc) is 2.74. The average molecular weight is 523 g/mol. The summed E-state index contributed by atoms with van der Waals surface area (Å²) >= 11 is 2.03. The van der Waals surface area contributed by atoms with Gasteiger partial charge in [0.2, 0.25) is 0 Å². The minimum absolute atomic E-state index is 0.349. The van der Waals surface area contributed by atoms with Crippen LogP contribution in [-0.2, 0) is 9.53 Å². The second-order valence-corrected chi connectivity index (χ2v) is 7.32. The summed E-state index contributed by atoms with van der Waals surface area (Å²) in [7, 11) is 2.74. The molecular weight excluding hydrogens is 505 g/mol. The smallest absolute Gasteiger partial charge is 0.349 e. The lowest BCUT2D eigenvalue weighted by Gasteiger charge is -2.17. The molecule has 30 heavy (non-hydrogen) atoms. The van der Waals surface area contributed by atoms with Crippen molar-refractivity contribution in [3.05, 3.63) is 66.4 Å². The SMILES string of the molecule is COC(=O)[C@@H](C)Oc1c(I)cc(C=Nn2c(=O)[nH]c3ccccc3c2=O)cc1OC. The first-order chi connectivity index (χ1) is 14.3. The van der Waals surface area contributed by atoms with E-state index in [0.29, 0.717) is 31.5 Å². The van der Waals surface area contributed by atoms with Crippen molar-refractivity contribution in [3.63, 3.8) is 0 Å². The summed E-state index contributed by atoms with van der Waals surface area (Å²) in [5, 5.41) is 4.38. The molecule has 0 bridgehead atoms. The molecule has 1 aromatic heterocycles. The maximum atomic E-state index is 12.6. The van der Waals surface area contributed by atoms with Crippen LogP contribution in [0.1, 0.15) is 12.5 Å². The lowest BCUT2D eigenvalue weighted by molar-refractivity contribution is -0.147. The maximum Gasteiger partial charge on any atom is 0.349 e. The van der Waals surface area contributed by atoms with Gasteiger partial charge in [-0.3, -0.25) is 4.79 Å². The van der Waals surface area contributed by atoms with Gasteiger partial charge in [-0.05, 0) is 59.3 Å². The minimum Gasteiger partial charge on any atom is -0.493 e. The number of fused-ring (bicyclic) bond motifs is 1. The van der Waals surface area contributed by atoms with E-state index >= 15 is 0 Å². The van der Waals surface area contributed by atoms with Gasteiger partial charge in [-0.1, -0.05) is 12.1 Å². The predicted molar refractivity (Wildman–Crippen MR) is 120 cm³/mol. The molecule has 0 radical (unpaired) electrons. The number of ether oxygens (including phenoxy) is 3. The molecule has 3 rings (SSSR count). The largest absolute Gasteiger partial charge is 0.493 e. The molecule has 1 heterocycles. The molecule has 0 saturated heterocycles. The Kier molecular flexibility index (Phi) is 6.55. The van der Waals surface area contributed by atoms with Crippen molar-refractivity contribution in [1.29, 1.82) is 0 Å². The normalized spacial score (nSPS) is 12.1. The number of hydrogen-bond donors (Lipinski definition) is 1. The molecule has 1 N–H and O–H groups in total. The Morgan fingerprint density at radius 3 is 2.67 bits per heavy atom. The zero-order valence-electron chi connectivity index (χ0n) is 16.3. The molecule has 10 heteroatoms. The first-order valence-corrected chi connectivity index (χ1v) is 9.84. The van der Waals surface area contributed by atoms with E-state index in [1.54, 1.807) is 43.3 Å². The number of para-hydroxylation sites is 1. The van der Waals surface area contributed by atoms with E-state index in [1.807, 2.05) is 22.6 Å². The van der Waals surface area contributed by atoms with E-state index in [9.17, 15) is 14.4 Å². The van der Waals surface area contributed by atoms with Gasteiger partial charge >= 0.3 is 11.7 Å². The Morgan fingerprint density at radius 1 is 1.23 bits per heavy atom. The van der Waals surface area contributed by atoms with Crippen molar-refractivity contribution in [2.45, 2.75) is 13.0 Å². The number of carbonyl (C=O) groups excluding carboxylic acids is 1. The summed E-state index contributed by atoms with van der Waals surface area (Å²) < 4.78 is 17.1. The third-order valence-corrected chi connectivity index (χ3v) is 4.99. The molecule has 0 saturated carbocycles. The molecule has 0 aliphatic rings. The maximum absolute atomic E-state index is 12.6. The number of carbonyl (C=O) groups is 1. The highest BCUT2D eigenvalue weighted by Crippen LogP contribution is 2.34. The molecule has 0 spiro atoms. The number of esters is 1. The van der Waals surface area contributed by atoms with Crippen LogP contribution in [0.5, 0.6) is 11.5 Å². The fourth-order valence-corrected chi connectivity index (χ4v) is 3.45. The van der Waals surface area contributed by atoms with E-state index in [1.165, 1.54) is 20.4 Å². The predicted octanol–water partition coefficient (Wildman–Crippen LogP) is 2.13. The topological polar surface area (TPSA) is 112 Å². The van der Waals surface area contributed by atoms with E-state index in [-0.39, 0.29) is 0 Å². The zero-order chi connectivity index (χ0) is 21.8. The van der Waals surface area contributed by atoms with Crippen LogP contribution in [0, 0.1) is 3.57 Å². The summed E-state index contributed by atoms with van der Waals surface area (Å²) in [6.07, 6.45) is 0.538. The van der Waals surface area contributed by atoms with Gasteiger partial charge in [-0.15, -0.1) is 4.68 Å². The Bertz CT molecular complexity index is 1250. The summed E-state index contributed by atoms with van der Waals surface area (Å²) in [4.78, 5) is 39.1. The van der Waals surface area contributed by atoms with E-state index in [2.05, 4.69) is 14.8 Å². The van der Waals surface area contributed by atoms with Crippen LogP contribution in [0.4, 0.5) is 0 Å². The molecule has 9 nitrogen and oxygen atoms in total. The molecule has 3 aromatic rings. The number of nitrogens with zero attached hydrogens (tertiary/aromatic N) is 2. The summed E-state index contributed by atoms with van der Waals surface area (Å²) in [5.41, 5.74) is -0.173. The second-order valence-electron chi connectivity index (χ2n) is 6.15. The number of benzene rings is 2. The Hall–Kier alpha value is -3.15. The van der Waals surface area contributed by atoms with Crippen LogP contribution >= 0.6 is 22.6 Å². The van der Waals surface area contributed by atoms with Crippen LogP contribution in [0.2, 0.25) is 0 Å². The third-order valence-electron chi connectivity index (χ3n) is 4.19. The quantitative estimate of drug-likeness (QED) is 0.301. The van der Waals surface area contributed by atoms with Gasteiger partial charge < -0.3 is 19.2 Å². The molecular formula is C20H18IN3O6. The Labute approximate surface area is 184 Å². The lowest BCUT2D eigenvalue weighted by atomic mass is 10.2. The number of hydrogen-bond acceptors (Lipinski definition) is 7. The lowest BCUT2D eigenvalue weighted by Crippen LogP contribution is -2.32. The number of methoxy groups -OCH3 is 2. The summed E-state index contributed by atoms with van der Waals surface area (Å²) in [6, 6.07) is 10.0. The van der Waals surface area contributed by atoms with Crippen molar-refractivity contribution in [2.75, 3.05) is 14.2 Å². The van der Waals surface area contributed by atoms with Gasteiger partial charge in [-0.25, -0.2) is 9.59 Å². The fourth-order valence-electron chi connectivity index (χ4n) is 2.70. The van der Waals surface area contributed by atoms with Crippen LogP contribution in [-0.4, -0.2) is 42.2 Å². The molecule has 2 aromatic carbocycles. The van der Waals surface area contributed by atoms with Crippen molar-refractivity contribution in [3.8, 4) is 11.5 Å². The molecule has 1 atom stereocenters. The molecule has 0 fully saturated rings. The van der Waals surface area contributed by atoms with Crippen LogP contribution in [0.3, 0.4) is 0 Å². The minimum atomic E-state index is -0.827. The van der Waals surface area contributed by atoms with Crippen molar-refractivity contribution < 1.29 is 19.0 Å². The second kappa shape index (κ2) is 9.11. The van der Waals surface area contributed by atoms with Gasteiger partial charge in [-0.2, -0.15) is 5.10 Å². The first-order valence-electron chi connectivity index (χ1n) is 8.76. The number of aromatic amines is 1. The fraction of sp³-hybridized carbons (Fsp3) is 0.200. The van der Waals surface area contributed by atoms with E-state index in [0.717, 1.165) is 4.68 Å². The van der Waals surface area contributed by atoms with Gasteiger partial charge in [0.1, 0.15) is 0 Å². The highest BCUT2D eigenvalue weighted by Gasteiger charge is 2.20. The first kappa shape index (κ1) is 21.6. The third kappa shape index (κ3) is 4.37. The van der Waals surface area contributed by atoms with Crippen LogP contribution < -0.4 is 20.7 Å². The number of halogens is 1. The number of aromatic nitrogens is 2. The monoisotopic (exact) mass is 523 g/mol. The van der Waals surface area contributed by atoms with Gasteiger partial charge in [0.15, 0.2) is 17.6 Å². The zero-order valence-corrected chi connectivity index (χ0v) is 18.5.